The van der Waals surface area contributed by atoms with Crippen LogP contribution >= 0.6 is 0 Å². The van der Waals surface area contributed by atoms with E-state index in [1.807, 2.05) is 24.3 Å². The molecule has 2 aliphatic rings. The van der Waals surface area contributed by atoms with Crippen LogP contribution in [-0.2, 0) is 11.3 Å². The lowest BCUT2D eigenvalue weighted by molar-refractivity contribution is -0.135. The Kier molecular flexibility index (Phi) is 4.94. The molecule has 0 spiro atoms. The maximum atomic E-state index is 13.5. The summed E-state index contributed by atoms with van der Waals surface area (Å²) < 4.78 is 12.3. The van der Waals surface area contributed by atoms with Gasteiger partial charge in [0.15, 0.2) is 0 Å². The first-order valence-corrected chi connectivity index (χ1v) is 11.2. The van der Waals surface area contributed by atoms with Crippen LogP contribution < -0.4 is 5.56 Å². The molecule has 0 radical (unpaired) electrons. The zero-order valence-corrected chi connectivity index (χ0v) is 18.2. The van der Waals surface area contributed by atoms with Gasteiger partial charge in [0.1, 0.15) is 29.6 Å². The summed E-state index contributed by atoms with van der Waals surface area (Å²) in [6.07, 6.45) is 7.89. The minimum Gasteiger partial charge on any atom is -0.467 e. The number of fused-ring (bicyclic) bond motifs is 2. The first-order valence-electron chi connectivity index (χ1n) is 11.2. The summed E-state index contributed by atoms with van der Waals surface area (Å²) in [6, 6.07) is 13.9. The number of nitrogens with zero attached hydrogens (tertiary/aromatic N) is 5. The summed E-state index contributed by atoms with van der Waals surface area (Å²) in [5.41, 5.74) is 2.02. The first kappa shape index (κ1) is 20.3. The maximum Gasteiger partial charge on any atom is 0.278 e. The molecule has 9 nitrogen and oxygen atoms in total. The highest BCUT2D eigenvalue weighted by Gasteiger charge is 2.45. The van der Waals surface area contributed by atoms with Crippen molar-refractivity contribution in [2.24, 2.45) is 11.0 Å². The highest BCUT2D eigenvalue weighted by atomic mass is 16.3. The number of furan rings is 2. The molecule has 0 bridgehead atoms. The molecule has 4 aromatic rings. The van der Waals surface area contributed by atoms with Crippen molar-refractivity contribution in [3.05, 3.63) is 88.5 Å². The van der Waals surface area contributed by atoms with E-state index in [4.69, 9.17) is 13.9 Å². The molecule has 170 valence electrons. The van der Waals surface area contributed by atoms with Crippen LogP contribution in [0.5, 0.6) is 0 Å². The predicted molar refractivity (Wildman–Crippen MR) is 124 cm³/mol. The van der Waals surface area contributed by atoms with Gasteiger partial charge in [0.2, 0.25) is 0 Å². The van der Waals surface area contributed by atoms with Crippen LogP contribution in [0, 0.1) is 5.92 Å². The van der Waals surface area contributed by atoms with Crippen molar-refractivity contribution in [2.45, 2.75) is 31.8 Å². The smallest absolute Gasteiger partial charge is 0.278 e. The Morgan fingerprint density at radius 1 is 1.09 bits per heavy atom. The molecule has 1 aromatic carbocycles. The van der Waals surface area contributed by atoms with Crippen LogP contribution in [-0.4, -0.2) is 31.6 Å². The van der Waals surface area contributed by atoms with Crippen molar-refractivity contribution in [1.82, 2.24) is 20.0 Å². The van der Waals surface area contributed by atoms with Gasteiger partial charge in [-0.1, -0.05) is 17.3 Å². The quantitative estimate of drug-likeness (QED) is 0.463. The van der Waals surface area contributed by atoms with Gasteiger partial charge in [-0.15, -0.1) is 5.10 Å². The number of hydrogen-bond acceptors (Lipinski definition) is 7. The third-order valence-electron chi connectivity index (χ3n) is 6.37. The lowest BCUT2D eigenvalue weighted by Gasteiger charge is -2.27. The number of hydrazone groups is 1. The van der Waals surface area contributed by atoms with Gasteiger partial charge < -0.3 is 8.83 Å². The number of hydrogen-bond donors (Lipinski definition) is 0. The first-order chi connectivity index (χ1) is 16.7. The number of carbonyl (C=O) groups excluding carboxylic acids is 1. The Hall–Kier alpha value is -4.27. The second-order valence-electron chi connectivity index (χ2n) is 8.44. The van der Waals surface area contributed by atoms with Crippen LogP contribution in [0.4, 0.5) is 0 Å². The summed E-state index contributed by atoms with van der Waals surface area (Å²) in [5.74, 6) is 1.04. The SMILES string of the molecule is O=C(Cn1nnc2ccccc2c1=O)N1N=C2/C(=C/c3ccco3)CCCC2C1c1ccco1. The van der Waals surface area contributed by atoms with Crippen molar-refractivity contribution >= 4 is 28.6 Å². The van der Waals surface area contributed by atoms with Crippen LogP contribution in [0.2, 0.25) is 0 Å². The van der Waals surface area contributed by atoms with E-state index in [-0.39, 0.29) is 30.0 Å². The van der Waals surface area contributed by atoms with Gasteiger partial charge in [-0.25, -0.2) is 9.69 Å². The van der Waals surface area contributed by atoms with Crippen LogP contribution in [0.15, 0.2) is 85.4 Å². The third kappa shape index (κ3) is 3.45. The average Bonchev–Trinajstić information content (AvgIpc) is 3.62. The molecule has 2 atom stereocenters. The van der Waals surface area contributed by atoms with Crippen molar-refractivity contribution in [2.75, 3.05) is 0 Å². The van der Waals surface area contributed by atoms with Crippen LogP contribution in [0.1, 0.15) is 36.8 Å². The average molecular weight is 455 g/mol. The van der Waals surface area contributed by atoms with Crippen LogP contribution in [0.25, 0.3) is 17.0 Å². The summed E-state index contributed by atoms with van der Waals surface area (Å²) in [6.45, 7) is -0.269. The number of carbonyl (C=O) groups is 1. The van der Waals surface area contributed by atoms with Gasteiger partial charge in [0.25, 0.3) is 11.5 Å². The summed E-state index contributed by atoms with van der Waals surface area (Å²) in [7, 11) is 0. The lowest BCUT2D eigenvalue weighted by Crippen LogP contribution is -2.37. The van der Waals surface area contributed by atoms with Gasteiger partial charge in [0.05, 0.1) is 23.6 Å². The maximum absolute atomic E-state index is 13.5. The van der Waals surface area contributed by atoms with Gasteiger partial charge in [-0.05, 0) is 67.3 Å². The molecule has 1 amide bonds. The zero-order valence-electron chi connectivity index (χ0n) is 18.2. The number of aromatic nitrogens is 3. The third-order valence-corrected chi connectivity index (χ3v) is 6.37. The van der Waals surface area contributed by atoms with E-state index in [2.05, 4.69) is 10.3 Å². The Morgan fingerprint density at radius 3 is 2.76 bits per heavy atom. The topological polar surface area (TPSA) is 107 Å². The number of amides is 1. The van der Waals surface area contributed by atoms with E-state index in [0.29, 0.717) is 16.7 Å². The Balaban J connectivity index is 1.37. The molecule has 1 saturated carbocycles. The van der Waals surface area contributed by atoms with Gasteiger partial charge >= 0.3 is 0 Å². The number of rotatable bonds is 4. The molecule has 1 aliphatic carbocycles. The van der Waals surface area contributed by atoms with E-state index in [0.717, 1.165) is 41.0 Å². The molecule has 1 aliphatic heterocycles. The largest absolute Gasteiger partial charge is 0.467 e. The van der Waals surface area contributed by atoms with E-state index in [9.17, 15) is 9.59 Å². The van der Waals surface area contributed by atoms with Crippen molar-refractivity contribution < 1.29 is 13.6 Å². The fourth-order valence-corrected chi connectivity index (χ4v) is 4.82. The summed E-state index contributed by atoms with van der Waals surface area (Å²) in [5, 5.41) is 14.7. The fraction of sp³-hybridized carbons (Fsp3) is 0.240. The van der Waals surface area contributed by atoms with Gasteiger partial charge in [-0.2, -0.15) is 5.10 Å². The van der Waals surface area contributed by atoms with Crippen molar-refractivity contribution in [3.63, 3.8) is 0 Å². The Morgan fingerprint density at radius 2 is 1.94 bits per heavy atom. The molecule has 0 N–H and O–H groups in total. The van der Waals surface area contributed by atoms with E-state index in [1.165, 1.54) is 5.01 Å². The fourth-order valence-electron chi connectivity index (χ4n) is 4.82. The summed E-state index contributed by atoms with van der Waals surface area (Å²) in [4.78, 5) is 26.4. The monoisotopic (exact) mass is 455 g/mol. The van der Waals surface area contributed by atoms with Crippen molar-refractivity contribution in [1.29, 1.82) is 0 Å². The van der Waals surface area contributed by atoms with E-state index in [1.54, 1.807) is 42.9 Å². The highest BCUT2D eigenvalue weighted by molar-refractivity contribution is 6.07. The lowest BCUT2D eigenvalue weighted by atomic mass is 9.79. The number of benzene rings is 1. The molecule has 6 rings (SSSR count). The second-order valence-corrected chi connectivity index (χ2v) is 8.44. The highest BCUT2D eigenvalue weighted by Crippen LogP contribution is 2.44. The minimum absolute atomic E-state index is 0.00975. The molecule has 3 aromatic heterocycles. The number of allylic oxidation sites excluding steroid dienone is 1. The molecule has 4 heterocycles. The van der Waals surface area contributed by atoms with Gasteiger partial charge in [0, 0.05) is 5.92 Å². The normalized spacial score (nSPS) is 21.1. The second kappa shape index (κ2) is 8.26. The predicted octanol–water partition coefficient (Wildman–Crippen LogP) is 3.80. The molecule has 34 heavy (non-hydrogen) atoms. The molecule has 2 unspecified atom stereocenters. The molecule has 9 heteroatoms. The molecule has 1 fully saturated rings. The summed E-state index contributed by atoms with van der Waals surface area (Å²) >= 11 is 0. The van der Waals surface area contributed by atoms with E-state index < -0.39 is 0 Å². The molecular weight excluding hydrogens is 434 g/mol. The van der Waals surface area contributed by atoms with Crippen molar-refractivity contribution in [3.8, 4) is 0 Å². The van der Waals surface area contributed by atoms with E-state index >= 15 is 0 Å². The molecular formula is C25H21N5O4. The Bertz CT molecular complexity index is 1470. The van der Waals surface area contributed by atoms with Crippen LogP contribution in [0.3, 0.4) is 0 Å². The Labute approximate surface area is 194 Å². The van der Waals surface area contributed by atoms with Gasteiger partial charge in [-0.3, -0.25) is 9.59 Å². The zero-order chi connectivity index (χ0) is 23.1. The molecule has 0 saturated heterocycles. The standard InChI is InChI=1S/C25H21N5O4/c31-22(15-29-25(32)18-8-1-2-10-20(18)26-28-29)30-24(21-11-5-13-34-21)19-9-3-6-16(23(19)27-30)14-17-7-4-12-33-17/h1-2,4-5,7-8,10-14,19,24H,3,6,9,15H2/b16-14+. The minimum atomic E-state index is -0.387.